The molecule has 0 saturated carbocycles. The van der Waals surface area contributed by atoms with Gasteiger partial charge in [-0.05, 0) is 77.2 Å². The molecule has 4 heterocycles. The minimum absolute atomic E-state index is 0.0702. The molecule has 1 N–H and O–H groups in total. The molecule has 0 saturated heterocycles. The Hall–Kier alpha value is -3.50. The number of fused-ring (bicyclic) bond motifs is 2. The fourth-order valence-electron chi connectivity index (χ4n) is 5.03. The Bertz CT molecular complexity index is 1550. The topological polar surface area (TPSA) is 84.9 Å². The summed E-state index contributed by atoms with van der Waals surface area (Å²) in [5.41, 5.74) is 2.38. The van der Waals surface area contributed by atoms with Gasteiger partial charge < -0.3 is 19.2 Å². The molecule has 0 bridgehead atoms. The molecule has 1 aliphatic heterocycles. The first-order valence-electron chi connectivity index (χ1n) is 13.9. The molecule has 0 spiro atoms. The van der Waals surface area contributed by atoms with Crippen LogP contribution >= 0.6 is 0 Å². The van der Waals surface area contributed by atoms with Gasteiger partial charge in [0.15, 0.2) is 5.65 Å². The molecule has 0 radical (unpaired) electrons. The first-order chi connectivity index (χ1) is 18.9. The monoisotopic (exact) mass is 545 g/mol. The number of nitrogens with zero attached hydrogens (tertiary/aromatic N) is 5. The molecule has 4 aromatic rings. The van der Waals surface area contributed by atoms with E-state index in [9.17, 15) is 9.90 Å². The smallest absolute Gasteiger partial charge is 0.309 e. The Labute approximate surface area is 235 Å². The number of benzene rings is 1. The Kier molecular flexibility index (Phi) is 7.35. The Morgan fingerprint density at radius 1 is 1.18 bits per heavy atom. The second-order valence-electron chi connectivity index (χ2n) is 11.6. The average molecular weight is 545 g/mol. The third kappa shape index (κ3) is 5.18. The van der Waals surface area contributed by atoms with Crippen molar-refractivity contribution in [2.45, 2.75) is 78.2 Å². The summed E-state index contributed by atoms with van der Waals surface area (Å²) in [6.45, 7) is 12.5. The normalized spacial score (nSPS) is 16.2. The Morgan fingerprint density at radius 2 is 1.95 bits per heavy atom. The molecule has 3 aromatic heterocycles. The second-order valence-corrected chi connectivity index (χ2v) is 11.6. The van der Waals surface area contributed by atoms with Crippen LogP contribution in [0.15, 0.2) is 48.7 Å². The van der Waals surface area contributed by atoms with Crippen LogP contribution < -0.4 is 5.46 Å². The van der Waals surface area contributed by atoms with E-state index in [0.29, 0.717) is 41.0 Å². The molecule has 1 aromatic carbocycles. The van der Waals surface area contributed by atoms with Gasteiger partial charge in [0.05, 0.1) is 22.9 Å². The molecule has 1 amide bonds. The third-order valence-corrected chi connectivity index (χ3v) is 8.28. The number of halogens is 1. The number of aliphatic hydroxyl groups is 1. The van der Waals surface area contributed by atoms with Crippen molar-refractivity contribution in [1.82, 2.24) is 24.1 Å². The summed E-state index contributed by atoms with van der Waals surface area (Å²) < 4.78 is 25.1. The highest BCUT2D eigenvalue weighted by molar-refractivity contribution is 6.47. The van der Waals surface area contributed by atoms with Crippen molar-refractivity contribution in [2.75, 3.05) is 6.54 Å². The van der Waals surface area contributed by atoms with Gasteiger partial charge in [0.2, 0.25) is 0 Å². The van der Waals surface area contributed by atoms with E-state index < -0.39 is 17.0 Å². The first kappa shape index (κ1) is 28.0. The minimum atomic E-state index is -1.05. The quantitative estimate of drug-likeness (QED) is 0.355. The van der Waals surface area contributed by atoms with Crippen molar-refractivity contribution in [3.8, 4) is 11.3 Å². The van der Waals surface area contributed by atoms with Crippen molar-refractivity contribution in [3.63, 3.8) is 0 Å². The number of carbonyl (C=O) groups is 1. The van der Waals surface area contributed by atoms with E-state index in [1.165, 1.54) is 6.07 Å². The van der Waals surface area contributed by atoms with Gasteiger partial charge in [-0.25, -0.2) is 13.9 Å². The molecule has 0 fully saturated rings. The van der Waals surface area contributed by atoms with Crippen molar-refractivity contribution in [1.29, 1.82) is 0 Å². The standard InChI is InChI=1S/C30H37BFN5O3/c1-7-21-17-25(28(38)36-15-9-14-35-13-8-10-26(35)19(36)2)33-27-18-24(34-37(21)27)22-12-11-20(16-23(22)32)31-40-30(5,6)29(3,4)39/h8,10-13,16-19,31,39H,7,9,14-15H2,1-6H3. The third-order valence-electron chi connectivity index (χ3n) is 8.28. The lowest BCUT2D eigenvalue weighted by molar-refractivity contribution is -0.0893. The fraction of sp³-hybridized carbons (Fsp3) is 0.433. The number of rotatable bonds is 7. The zero-order valence-electron chi connectivity index (χ0n) is 24.1. The van der Waals surface area contributed by atoms with E-state index in [0.717, 1.165) is 24.4 Å². The molecule has 5 rings (SSSR count). The molecule has 1 unspecified atom stereocenters. The predicted octanol–water partition coefficient (Wildman–Crippen LogP) is 4.05. The molecule has 40 heavy (non-hydrogen) atoms. The first-order valence-corrected chi connectivity index (χ1v) is 13.9. The number of aryl methyl sites for hydroxylation is 2. The van der Waals surface area contributed by atoms with E-state index in [1.807, 2.05) is 24.8 Å². The number of hydrogen-bond donors (Lipinski definition) is 1. The summed E-state index contributed by atoms with van der Waals surface area (Å²) in [5, 5.41) is 15.0. The number of carbonyl (C=O) groups excluding carboxylic acids is 1. The van der Waals surface area contributed by atoms with Gasteiger partial charge in [-0.15, -0.1) is 0 Å². The molecule has 8 nitrogen and oxygen atoms in total. The largest absolute Gasteiger partial charge is 0.427 e. The van der Waals surface area contributed by atoms with Crippen LogP contribution in [0, 0.1) is 5.82 Å². The Morgan fingerprint density at radius 3 is 2.65 bits per heavy atom. The number of hydrogen-bond acceptors (Lipinski definition) is 5. The summed E-state index contributed by atoms with van der Waals surface area (Å²) in [7, 11) is 0.159. The SMILES string of the molecule is CCc1cc(C(=O)N2CCCn3cccc3C2C)nc2cc(-c3ccc(BOC(C)(C)C(C)(C)O)cc3F)nn12. The van der Waals surface area contributed by atoms with Gasteiger partial charge in [-0.3, -0.25) is 4.79 Å². The molecular weight excluding hydrogens is 508 g/mol. The van der Waals surface area contributed by atoms with Crippen LogP contribution in [0.25, 0.3) is 16.9 Å². The fourth-order valence-corrected chi connectivity index (χ4v) is 5.03. The predicted molar refractivity (Wildman–Crippen MR) is 155 cm³/mol. The van der Waals surface area contributed by atoms with Crippen molar-refractivity contribution >= 4 is 24.5 Å². The minimum Gasteiger partial charge on any atom is -0.427 e. The van der Waals surface area contributed by atoms with Crippen molar-refractivity contribution in [2.24, 2.45) is 0 Å². The second kappa shape index (κ2) is 10.5. The molecule has 0 aliphatic carbocycles. The van der Waals surface area contributed by atoms with Gasteiger partial charge in [0.25, 0.3) is 5.91 Å². The summed E-state index contributed by atoms with van der Waals surface area (Å²) >= 11 is 0. The van der Waals surface area contributed by atoms with Crippen LogP contribution in [0.1, 0.15) is 75.9 Å². The van der Waals surface area contributed by atoms with Gasteiger partial charge in [0.1, 0.15) is 11.5 Å². The highest BCUT2D eigenvalue weighted by Crippen LogP contribution is 2.28. The molecule has 210 valence electrons. The maximum atomic E-state index is 15.3. The van der Waals surface area contributed by atoms with E-state index in [1.54, 1.807) is 56.5 Å². The zero-order chi connectivity index (χ0) is 28.8. The van der Waals surface area contributed by atoms with E-state index in [4.69, 9.17) is 4.65 Å². The number of aromatic nitrogens is 4. The Balaban J connectivity index is 1.42. The van der Waals surface area contributed by atoms with Crippen LogP contribution in [0.3, 0.4) is 0 Å². The average Bonchev–Trinajstić information content (AvgIpc) is 3.52. The maximum absolute atomic E-state index is 15.3. The van der Waals surface area contributed by atoms with E-state index in [-0.39, 0.29) is 19.4 Å². The van der Waals surface area contributed by atoms with Gasteiger partial charge >= 0.3 is 7.48 Å². The lowest BCUT2D eigenvalue weighted by Gasteiger charge is -2.37. The van der Waals surface area contributed by atoms with Crippen LogP contribution in [0.4, 0.5) is 4.39 Å². The van der Waals surface area contributed by atoms with Crippen LogP contribution in [-0.4, -0.2) is 60.3 Å². The molecule has 10 heteroatoms. The van der Waals surface area contributed by atoms with Gasteiger partial charge in [-0.2, -0.15) is 5.10 Å². The lowest BCUT2D eigenvalue weighted by atomic mass is 9.82. The summed E-state index contributed by atoms with van der Waals surface area (Å²) in [5.74, 6) is -0.548. The van der Waals surface area contributed by atoms with E-state index >= 15 is 4.39 Å². The zero-order valence-corrected chi connectivity index (χ0v) is 24.1. The van der Waals surface area contributed by atoms with Crippen LogP contribution in [0.2, 0.25) is 0 Å². The molecule has 1 aliphatic rings. The maximum Gasteiger partial charge on any atom is 0.309 e. The van der Waals surface area contributed by atoms with Gasteiger partial charge in [-0.1, -0.05) is 19.1 Å². The summed E-state index contributed by atoms with van der Waals surface area (Å²) in [6, 6.07) is 12.4. The lowest BCUT2D eigenvalue weighted by Crippen LogP contribution is -2.49. The number of amides is 1. The highest BCUT2D eigenvalue weighted by atomic mass is 19.1. The van der Waals surface area contributed by atoms with Crippen LogP contribution in [0.5, 0.6) is 0 Å². The van der Waals surface area contributed by atoms with Crippen LogP contribution in [-0.2, 0) is 17.6 Å². The molecule has 1 atom stereocenters. The van der Waals surface area contributed by atoms with E-state index in [2.05, 4.69) is 26.9 Å². The van der Waals surface area contributed by atoms with Crippen molar-refractivity contribution in [3.05, 3.63) is 71.6 Å². The summed E-state index contributed by atoms with van der Waals surface area (Å²) in [6.07, 6.45) is 3.56. The van der Waals surface area contributed by atoms with Crippen molar-refractivity contribution < 1.29 is 18.9 Å². The highest BCUT2D eigenvalue weighted by Gasteiger charge is 2.35. The summed E-state index contributed by atoms with van der Waals surface area (Å²) in [4.78, 5) is 20.3. The molecular formula is C30H37BFN5O3. The van der Waals surface area contributed by atoms with Gasteiger partial charge in [0, 0.05) is 42.3 Å².